The number of nitrogens with zero attached hydrogens (tertiary/aromatic N) is 2. The van der Waals surface area contributed by atoms with Gasteiger partial charge in [0.2, 0.25) is 0 Å². The summed E-state index contributed by atoms with van der Waals surface area (Å²) in [5, 5.41) is 36.5. The number of unbranched alkanes of at least 4 members (excludes halogenated alkanes) is 2. The van der Waals surface area contributed by atoms with Crippen LogP contribution in [-0.2, 0) is 36.9 Å². The fourth-order valence-corrected chi connectivity index (χ4v) is 8.25. The normalized spacial score (nSPS) is 10.8. The van der Waals surface area contributed by atoms with Crippen LogP contribution in [0, 0.1) is 61.6 Å². The van der Waals surface area contributed by atoms with Crippen LogP contribution in [0.5, 0.6) is 17.2 Å². The zero-order chi connectivity index (χ0) is 52.0. The fraction of sp³-hybridized carbons (Fsp3) is 0.386. The van der Waals surface area contributed by atoms with E-state index in [1.54, 1.807) is 102 Å². The minimum atomic E-state index is -1.55. The molecule has 0 heterocycles. The number of benzene rings is 5. The van der Waals surface area contributed by atoms with Crippen LogP contribution in [0.15, 0.2) is 97.1 Å². The van der Waals surface area contributed by atoms with Crippen molar-refractivity contribution >= 4 is 29.7 Å². The summed E-state index contributed by atoms with van der Waals surface area (Å²) >= 11 is 0. The molecule has 0 aliphatic rings. The Morgan fingerprint density at radius 2 is 0.767 bits per heavy atom. The molecule has 5 aromatic rings. The van der Waals surface area contributed by atoms with Crippen molar-refractivity contribution in [3.8, 4) is 39.5 Å². The van der Waals surface area contributed by atoms with Gasteiger partial charge in [-0.05, 0) is 112 Å². The SMILES string of the molecule is CCCCOCCCN(Cc1cc(C)cc(-c2cc(C)cc(-c3cc(C)cc(CN(CCCOCCCC)C(=O)c4ccccc4)c3OCC(=O)[O-])c2OCC(=O)[O-])c1OCC(=O)[O-])C(=O)c1ccccc1.[Nd+3]. The predicted molar refractivity (Wildman–Crippen MR) is 266 cm³/mol. The van der Waals surface area contributed by atoms with Gasteiger partial charge in [-0.15, -0.1) is 0 Å². The van der Waals surface area contributed by atoms with Gasteiger partial charge in [-0.25, -0.2) is 0 Å². The number of aliphatic carboxylic acids is 3. The molecule has 5 rings (SSSR count). The van der Waals surface area contributed by atoms with Crippen LogP contribution < -0.4 is 29.5 Å². The molecule has 0 saturated carbocycles. The monoisotopic (exact) mass is 1130 g/mol. The second-order valence-corrected chi connectivity index (χ2v) is 17.6. The van der Waals surface area contributed by atoms with Crippen molar-refractivity contribution in [3.63, 3.8) is 0 Å². The first-order chi connectivity index (χ1) is 34.7. The van der Waals surface area contributed by atoms with Crippen LogP contribution in [0.1, 0.15) is 101 Å². The number of carboxylic acid groups (broad SMARTS) is 3. The van der Waals surface area contributed by atoms with Gasteiger partial charge in [-0.2, -0.15) is 0 Å². The Morgan fingerprint density at radius 3 is 1.11 bits per heavy atom. The molecule has 0 bridgehead atoms. The molecule has 15 nitrogen and oxygen atoms in total. The van der Waals surface area contributed by atoms with Gasteiger partial charge >= 0.3 is 40.8 Å². The third-order valence-corrected chi connectivity index (χ3v) is 11.5. The molecule has 385 valence electrons. The van der Waals surface area contributed by atoms with Crippen molar-refractivity contribution in [2.45, 2.75) is 86.2 Å². The van der Waals surface area contributed by atoms with Crippen LogP contribution >= 0.6 is 0 Å². The van der Waals surface area contributed by atoms with Crippen LogP contribution in [0.25, 0.3) is 22.3 Å². The fourth-order valence-electron chi connectivity index (χ4n) is 8.25. The van der Waals surface area contributed by atoms with Crippen molar-refractivity contribution in [2.75, 3.05) is 59.3 Å². The summed E-state index contributed by atoms with van der Waals surface area (Å²) in [7, 11) is 0. The molecule has 0 unspecified atom stereocenters. The van der Waals surface area contributed by atoms with Crippen LogP contribution in [0.4, 0.5) is 0 Å². The molecule has 5 aromatic carbocycles. The van der Waals surface area contributed by atoms with Gasteiger partial charge in [0.15, 0.2) is 0 Å². The summed E-state index contributed by atoms with van der Waals surface area (Å²) in [6.07, 6.45) is 4.75. The molecule has 0 aromatic heterocycles. The molecular weight excluding hydrogens is 1060 g/mol. The topological polar surface area (TPSA) is 207 Å². The van der Waals surface area contributed by atoms with E-state index in [1.165, 1.54) is 0 Å². The van der Waals surface area contributed by atoms with Gasteiger partial charge in [0, 0.05) is 97.1 Å². The Kier molecular flexibility index (Phi) is 25.3. The number of carbonyl (C=O) groups is 5. The molecular formula is C57H65N2NdO13. The van der Waals surface area contributed by atoms with Gasteiger partial charge in [-0.1, -0.05) is 75.2 Å². The van der Waals surface area contributed by atoms with Crippen LogP contribution in [-0.4, -0.2) is 98.9 Å². The van der Waals surface area contributed by atoms with E-state index in [2.05, 4.69) is 13.8 Å². The third kappa shape index (κ3) is 18.5. The zero-order valence-electron chi connectivity index (χ0n) is 42.5. The van der Waals surface area contributed by atoms with Gasteiger partial charge in [0.1, 0.15) is 37.1 Å². The number of rotatable bonds is 31. The maximum Gasteiger partial charge on any atom is 3.00 e. The average Bonchev–Trinajstić information content (AvgIpc) is 3.36. The van der Waals surface area contributed by atoms with Crippen LogP contribution in [0.2, 0.25) is 0 Å². The summed E-state index contributed by atoms with van der Waals surface area (Å²) in [6.45, 7) is 9.37. The van der Waals surface area contributed by atoms with E-state index in [0.717, 1.165) is 25.7 Å². The molecule has 16 heteroatoms. The van der Waals surface area contributed by atoms with E-state index in [4.69, 9.17) is 23.7 Å². The molecule has 1 radical (unpaired) electrons. The average molecular weight is 1130 g/mol. The quantitative estimate of drug-likeness (QED) is 0.0466. The van der Waals surface area contributed by atoms with E-state index in [0.29, 0.717) is 89.3 Å². The predicted octanol–water partition coefficient (Wildman–Crippen LogP) is 6.03. The Balaban J connectivity index is 0.0000116. The molecule has 0 fully saturated rings. The summed E-state index contributed by atoms with van der Waals surface area (Å²) < 4.78 is 30.0. The van der Waals surface area contributed by atoms with E-state index in [9.17, 15) is 39.3 Å². The van der Waals surface area contributed by atoms with Gasteiger partial charge in [-0.3, -0.25) is 9.59 Å². The number of carboxylic acids is 3. The Bertz CT molecular complexity index is 2440. The summed E-state index contributed by atoms with van der Waals surface area (Å²) in [5.74, 6) is -5.02. The summed E-state index contributed by atoms with van der Waals surface area (Å²) in [6, 6.07) is 28.0. The number of carbonyl (C=O) groups excluding carboxylic acids is 5. The molecule has 0 saturated heterocycles. The molecule has 0 N–H and O–H groups in total. The first kappa shape index (κ1) is 59.7. The Hall–Kier alpha value is -5.88. The van der Waals surface area contributed by atoms with E-state index in [-0.39, 0.29) is 107 Å². The first-order valence-electron chi connectivity index (χ1n) is 24.4. The van der Waals surface area contributed by atoms with Crippen molar-refractivity contribution in [2.24, 2.45) is 0 Å². The van der Waals surface area contributed by atoms with Gasteiger partial charge in [0.05, 0.1) is 17.9 Å². The van der Waals surface area contributed by atoms with E-state index in [1.807, 2.05) is 26.0 Å². The Morgan fingerprint density at radius 1 is 0.452 bits per heavy atom. The van der Waals surface area contributed by atoms with Crippen molar-refractivity contribution < 1.29 is 104 Å². The first-order valence-corrected chi connectivity index (χ1v) is 24.4. The van der Waals surface area contributed by atoms with E-state index >= 15 is 0 Å². The zero-order valence-corrected chi connectivity index (χ0v) is 45.7. The number of hydrogen-bond acceptors (Lipinski definition) is 13. The second-order valence-electron chi connectivity index (χ2n) is 17.6. The largest absolute Gasteiger partial charge is 3.00 e. The minimum Gasteiger partial charge on any atom is -0.546 e. The van der Waals surface area contributed by atoms with Gasteiger partial charge < -0.3 is 63.2 Å². The van der Waals surface area contributed by atoms with Crippen molar-refractivity contribution in [3.05, 3.63) is 136 Å². The standard InChI is InChI=1S/C57H68N2O13.Nd/c1-6-8-24-68-26-16-22-58(56(66)42-18-12-10-13-19-42)34-44-28-39(3)30-46(53(44)70-36-50(60)61)48-32-41(5)33-49(55(48)72-38-52(64)65)47-31-40(4)29-45(54(47)71-37-51(62)63)35-59(23-17-27-69-25-9-7-2)57(67)43-20-14-11-15-21-43;/h10-15,18-21,28-33H,6-9,16-17,22-27,34-38H2,1-5H3,(H,60,61)(H,62,63)(H,64,65);/q;+3/p-3. The molecule has 0 atom stereocenters. The summed E-state index contributed by atoms with van der Waals surface area (Å²) in [4.78, 5) is 68.2. The van der Waals surface area contributed by atoms with Crippen molar-refractivity contribution in [1.29, 1.82) is 0 Å². The molecule has 2 amide bonds. The maximum absolute atomic E-state index is 14.2. The van der Waals surface area contributed by atoms with Crippen molar-refractivity contribution in [1.82, 2.24) is 9.80 Å². The Labute approximate surface area is 461 Å². The molecule has 0 aliphatic heterocycles. The minimum absolute atomic E-state index is 0. The van der Waals surface area contributed by atoms with Crippen LogP contribution in [0.3, 0.4) is 0 Å². The molecule has 0 aliphatic carbocycles. The number of hydrogen-bond donors (Lipinski definition) is 0. The second kappa shape index (κ2) is 31.0. The number of ether oxygens (including phenoxy) is 5. The molecule has 73 heavy (non-hydrogen) atoms. The number of aryl methyl sites for hydroxylation is 3. The summed E-state index contributed by atoms with van der Waals surface area (Å²) in [5.41, 5.74) is 4.87. The van der Waals surface area contributed by atoms with E-state index < -0.39 is 37.7 Å². The molecule has 0 spiro atoms. The maximum atomic E-state index is 14.2. The van der Waals surface area contributed by atoms with Gasteiger partial charge in [0.25, 0.3) is 11.8 Å². The number of amides is 2. The third-order valence-electron chi connectivity index (χ3n) is 11.5. The smallest absolute Gasteiger partial charge is 0.546 e.